The first-order valence-electron chi connectivity index (χ1n) is 5.89. The SMILES string of the molecule is Cc1nc(C(=O)N2C(C(=O)O)CSC2C(C)C)no1. The number of aliphatic carboxylic acids is 1. The van der Waals surface area contributed by atoms with Gasteiger partial charge in [0, 0.05) is 12.7 Å². The lowest BCUT2D eigenvalue weighted by Gasteiger charge is -2.28. The van der Waals surface area contributed by atoms with Crippen LogP contribution in [0.3, 0.4) is 0 Å². The van der Waals surface area contributed by atoms with Crippen molar-refractivity contribution in [3.05, 3.63) is 11.7 Å². The summed E-state index contributed by atoms with van der Waals surface area (Å²) in [4.78, 5) is 28.8. The van der Waals surface area contributed by atoms with Crippen LogP contribution in [-0.2, 0) is 4.79 Å². The van der Waals surface area contributed by atoms with Crippen LogP contribution in [0.15, 0.2) is 4.52 Å². The molecule has 0 aromatic carbocycles. The van der Waals surface area contributed by atoms with Crippen LogP contribution in [0.5, 0.6) is 0 Å². The number of hydrogen-bond donors (Lipinski definition) is 1. The van der Waals surface area contributed by atoms with Gasteiger partial charge in [-0.25, -0.2) is 4.79 Å². The van der Waals surface area contributed by atoms with Gasteiger partial charge >= 0.3 is 5.97 Å². The second-order valence-electron chi connectivity index (χ2n) is 4.67. The van der Waals surface area contributed by atoms with Crippen LogP contribution in [0, 0.1) is 12.8 Å². The monoisotopic (exact) mass is 285 g/mol. The van der Waals surface area contributed by atoms with E-state index in [9.17, 15) is 14.7 Å². The van der Waals surface area contributed by atoms with E-state index in [-0.39, 0.29) is 23.0 Å². The molecule has 0 spiro atoms. The number of carbonyl (C=O) groups is 2. The Morgan fingerprint density at radius 1 is 1.53 bits per heavy atom. The van der Waals surface area contributed by atoms with Gasteiger partial charge in [-0.3, -0.25) is 4.79 Å². The second-order valence-corrected chi connectivity index (χ2v) is 5.82. The summed E-state index contributed by atoms with van der Waals surface area (Å²) in [6.07, 6.45) is 0. The van der Waals surface area contributed by atoms with Gasteiger partial charge in [-0.15, -0.1) is 11.8 Å². The van der Waals surface area contributed by atoms with Crippen LogP contribution in [0.2, 0.25) is 0 Å². The molecule has 1 aliphatic rings. The van der Waals surface area contributed by atoms with E-state index in [0.29, 0.717) is 5.75 Å². The molecule has 2 atom stereocenters. The van der Waals surface area contributed by atoms with Crippen LogP contribution in [0.4, 0.5) is 0 Å². The fourth-order valence-corrected chi connectivity index (χ4v) is 3.46. The summed E-state index contributed by atoms with van der Waals surface area (Å²) in [6.45, 7) is 5.48. The van der Waals surface area contributed by atoms with E-state index in [4.69, 9.17) is 4.52 Å². The first kappa shape index (κ1) is 13.9. The third kappa shape index (κ3) is 2.58. The minimum absolute atomic E-state index is 0.0862. The van der Waals surface area contributed by atoms with Crippen LogP contribution in [0.25, 0.3) is 0 Å². The summed E-state index contributed by atoms with van der Waals surface area (Å²) < 4.78 is 4.77. The number of nitrogens with zero attached hydrogens (tertiary/aromatic N) is 3. The van der Waals surface area contributed by atoms with Crippen LogP contribution in [-0.4, -0.2) is 49.2 Å². The Bertz CT molecular complexity index is 502. The molecule has 2 unspecified atom stereocenters. The summed E-state index contributed by atoms with van der Waals surface area (Å²) >= 11 is 1.46. The summed E-state index contributed by atoms with van der Waals surface area (Å²) in [6, 6.07) is -0.844. The number of amides is 1. The van der Waals surface area contributed by atoms with Crippen molar-refractivity contribution in [2.24, 2.45) is 5.92 Å². The first-order valence-corrected chi connectivity index (χ1v) is 6.94. The van der Waals surface area contributed by atoms with E-state index in [2.05, 4.69) is 10.1 Å². The van der Waals surface area contributed by atoms with Gasteiger partial charge < -0.3 is 14.5 Å². The molecule has 1 amide bonds. The van der Waals surface area contributed by atoms with Crippen molar-refractivity contribution < 1.29 is 19.2 Å². The number of hydrogen-bond acceptors (Lipinski definition) is 6. The maximum atomic E-state index is 12.4. The predicted molar refractivity (Wildman–Crippen MR) is 67.7 cm³/mol. The molecule has 104 valence electrons. The van der Waals surface area contributed by atoms with Crippen LogP contribution >= 0.6 is 11.8 Å². The Morgan fingerprint density at radius 3 is 2.68 bits per heavy atom. The standard InChI is InChI=1S/C11H15N3O4S/c1-5(2)10-14(7(4-19-10)11(16)17)9(15)8-12-6(3)18-13-8/h5,7,10H,4H2,1-3H3,(H,16,17). The lowest BCUT2D eigenvalue weighted by Crippen LogP contribution is -2.47. The van der Waals surface area contributed by atoms with Gasteiger partial charge in [0.05, 0.1) is 5.37 Å². The van der Waals surface area contributed by atoms with Crippen molar-refractivity contribution in [3.8, 4) is 0 Å². The zero-order valence-corrected chi connectivity index (χ0v) is 11.7. The third-order valence-electron chi connectivity index (χ3n) is 2.84. The molecule has 0 saturated carbocycles. The zero-order chi connectivity index (χ0) is 14.2. The topological polar surface area (TPSA) is 96.5 Å². The van der Waals surface area contributed by atoms with E-state index in [1.54, 1.807) is 6.92 Å². The average Bonchev–Trinajstić information content (AvgIpc) is 2.93. The molecule has 0 bridgehead atoms. The molecular weight excluding hydrogens is 270 g/mol. The van der Waals surface area contributed by atoms with Crippen molar-refractivity contribution in [2.75, 3.05) is 5.75 Å². The number of carboxylic acids is 1. The minimum atomic E-state index is -1.01. The zero-order valence-electron chi connectivity index (χ0n) is 10.9. The van der Waals surface area contributed by atoms with Gasteiger partial charge in [0.2, 0.25) is 5.89 Å². The van der Waals surface area contributed by atoms with Gasteiger partial charge in [-0.05, 0) is 5.92 Å². The lowest BCUT2D eigenvalue weighted by molar-refractivity contribution is -0.141. The largest absolute Gasteiger partial charge is 0.480 e. The Morgan fingerprint density at radius 2 is 2.21 bits per heavy atom. The number of aromatic nitrogens is 2. The average molecular weight is 285 g/mol. The van der Waals surface area contributed by atoms with Crippen molar-refractivity contribution in [2.45, 2.75) is 32.2 Å². The minimum Gasteiger partial charge on any atom is -0.480 e. The molecule has 1 fully saturated rings. The van der Waals surface area contributed by atoms with Gasteiger partial charge in [0.1, 0.15) is 6.04 Å². The van der Waals surface area contributed by atoms with Gasteiger partial charge in [-0.1, -0.05) is 19.0 Å². The molecule has 1 aromatic heterocycles. The normalized spacial score (nSPS) is 23.1. The van der Waals surface area contributed by atoms with E-state index >= 15 is 0 Å². The highest BCUT2D eigenvalue weighted by atomic mass is 32.2. The molecule has 1 aromatic rings. The lowest BCUT2D eigenvalue weighted by atomic mass is 10.1. The Labute approximate surface area is 114 Å². The van der Waals surface area contributed by atoms with E-state index in [1.165, 1.54) is 16.7 Å². The van der Waals surface area contributed by atoms with E-state index in [1.807, 2.05) is 13.8 Å². The number of aryl methyl sites for hydroxylation is 1. The second kappa shape index (κ2) is 5.20. The smallest absolute Gasteiger partial charge is 0.327 e. The van der Waals surface area contributed by atoms with E-state index in [0.717, 1.165) is 0 Å². The van der Waals surface area contributed by atoms with Crippen LogP contribution < -0.4 is 0 Å². The molecule has 1 aliphatic heterocycles. The highest BCUT2D eigenvalue weighted by Crippen LogP contribution is 2.34. The quantitative estimate of drug-likeness (QED) is 0.884. The summed E-state index contributed by atoms with van der Waals surface area (Å²) in [7, 11) is 0. The molecule has 19 heavy (non-hydrogen) atoms. The summed E-state index contributed by atoms with van der Waals surface area (Å²) in [5.74, 6) is -0.788. The fraction of sp³-hybridized carbons (Fsp3) is 0.636. The molecule has 1 saturated heterocycles. The van der Waals surface area contributed by atoms with Gasteiger partial charge in [-0.2, -0.15) is 4.98 Å². The molecular formula is C11H15N3O4S. The fourth-order valence-electron chi connectivity index (χ4n) is 1.99. The molecule has 8 heteroatoms. The van der Waals surface area contributed by atoms with E-state index < -0.39 is 17.9 Å². The number of carbonyl (C=O) groups excluding carboxylic acids is 1. The first-order chi connectivity index (χ1) is 8.91. The van der Waals surface area contributed by atoms with Crippen molar-refractivity contribution in [3.63, 3.8) is 0 Å². The molecule has 7 nitrogen and oxygen atoms in total. The molecule has 2 rings (SSSR count). The maximum absolute atomic E-state index is 12.4. The molecule has 2 heterocycles. The third-order valence-corrected chi connectivity index (χ3v) is 4.46. The predicted octanol–water partition coefficient (Wildman–Crippen LogP) is 1.00. The van der Waals surface area contributed by atoms with Gasteiger partial charge in [0.15, 0.2) is 0 Å². The van der Waals surface area contributed by atoms with Crippen molar-refractivity contribution >= 4 is 23.6 Å². The van der Waals surface area contributed by atoms with Gasteiger partial charge in [0.25, 0.3) is 11.7 Å². The highest BCUT2D eigenvalue weighted by molar-refractivity contribution is 8.00. The van der Waals surface area contributed by atoms with Crippen molar-refractivity contribution in [1.82, 2.24) is 15.0 Å². The summed E-state index contributed by atoms with van der Waals surface area (Å²) in [5.41, 5.74) is 0. The highest BCUT2D eigenvalue weighted by Gasteiger charge is 2.44. The van der Waals surface area contributed by atoms with Crippen LogP contribution in [0.1, 0.15) is 30.4 Å². The molecule has 1 N–H and O–H groups in total. The number of thioether (sulfide) groups is 1. The number of carboxylic acid groups (broad SMARTS) is 1. The maximum Gasteiger partial charge on any atom is 0.327 e. The Balaban J connectivity index is 2.30. The number of rotatable bonds is 3. The molecule has 0 radical (unpaired) electrons. The summed E-state index contributed by atoms with van der Waals surface area (Å²) in [5, 5.41) is 12.6. The van der Waals surface area contributed by atoms with Crippen molar-refractivity contribution in [1.29, 1.82) is 0 Å². The Hall–Kier alpha value is -1.57. The molecule has 0 aliphatic carbocycles. The Kier molecular flexibility index (Phi) is 3.79.